The first-order valence-corrected chi connectivity index (χ1v) is 30.5. The molecule has 0 aliphatic carbocycles. The summed E-state index contributed by atoms with van der Waals surface area (Å²) >= 11 is 3.59. The fourth-order valence-corrected chi connectivity index (χ4v) is 16.3. The molecule has 4 heterocycles. The summed E-state index contributed by atoms with van der Waals surface area (Å²) < 4.78 is 9.47. The summed E-state index contributed by atoms with van der Waals surface area (Å²) in [4.78, 5) is 4.91. The Hall–Kier alpha value is -11.1. The van der Waals surface area contributed by atoms with Gasteiger partial charge in [0.05, 0.1) is 55.0 Å². The van der Waals surface area contributed by atoms with Gasteiger partial charge in [0.25, 0.3) is 0 Å². The number of nitriles is 1. The molecule has 0 unspecified atom stereocenters. The van der Waals surface area contributed by atoms with E-state index in [9.17, 15) is 11.8 Å². The molecule has 0 aliphatic heterocycles. The first-order valence-electron chi connectivity index (χ1n) is 28.8. The van der Waals surface area contributed by atoms with E-state index >= 15 is 0 Å². The maximum absolute atomic E-state index is 12.9. The predicted octanol–water partition coefficient (Wildman–Crippen LogP) is 23.0. The van der Waals surface area contributed by atoms with E-state index in [1.165, 1.54) is 20.2 Å². The van der Waals surface area contributed by atoms with E-state index < -0.39 is 0 Å². The first-order chi connectivity index (χ1) is 42.7. The number of hydrogen-bond donors (Lipinski definition) is 0. The maximum atomic E-state index is 12.9. The van der Waals surface area contributed by atoms with Crippen LogP contribution in [0.2, 0.25) is 0 Å². The van der Waals surface area contributed by atoms with Crippen LogP contribution in [0, 0.1) is 17.9 Å². The largest absolute Gasteiger partial charge is 0.317 e. The average Bonchev–Trinajstić information content (AvgIpc) is 1.52. The predicted molar refractivity (Wildman–Crippen MR) is 364 cm³/mol. The standard InChI is InChI=1S/C80H46N4S2/c1-82-74-72(59-36-16-14-32-53(59)49-24-6-2-7-25-49)65(48-81)75(83-66-40-22-38-55(51-28-10-4-11-29-51)70(66)63-46-44-61-57-34-18-20-42-68(57)85-79(61)76(63)83)73(60-37-17-15-33-54(60)50-26-8-3-9-27-50)78(74)84-67-41-23-39-56(52-30-12-5-13-31-52)71(67)64-47-45-62-58-35-19-21-43-69(58)86-80(62)77(64)84/h2-47H. The van der Waals surface area contributed by atoms with E-state index in [0.29, 0.717) is 28.2 Å². The van der Waals surface area contributed by atoms with Crippen molar-refractivity contribution in [1.82, 2.24) is 9.13 Å². The van der Waals surface area contributed by atoms with Gasteiger partial charge in [-0.05, 0) is 79.9 Å². The van der Waals surface area contributed by atoms with Gasteiger partial charge >= 0.3 is 0 Å². The van der Waals surface area contributed by atoms with Gasteiger partial charge in [-0.2, -0.15) is 5.26 Å². The summed E-state index contributed by atoms with van der Waals surface area (Å²) in [5.41, 5.74) is 17.4. The Kier molecular flexibility index (Phi) is 11.4. The van der Waals surface area contributed by atoms with Crippen molar-refractivity contribution in [2.75, 3.05) is 0 Å². The van der Waals surface area contributed by atoms with Crippen molar-refractivity contribution in [3.05, 3.63) is 296 Å². The molecule has 0 bridgehead atoms. The van der Waals surface area contributed by atoms with Crippen molar-refractivity contribution >= 4 is 112 Å². The topological polar surface area (TPSA) is 38.0 Å². The minimum Gasteiger partial charge on any atom is -0.317 e. The zero-order chi connectivity index (χ0) is 57.0. The molecule has 0 aliphatic rings. The summed E-state index contributed by atoms with van der Waals surface area (Å²) in [6.07, 6.45) is 0. The van der Waals surface area contributed by atoms with Crippen LogP contribution in [0.25, 0.3) is 167 Å². The molecule has 0 atom stereocenters. The first kappa shape index (κ1) is 49.5. The van der Waals surface area contributed by atoms with Crippen LogP contribution >= 0.6 is 22.7 Å². The van der Waals surface area contributed by atoms with E-state index in [4.69, 9.17) is 4.85 Å². The van der Waals surface area contributed by atoms with Crippen molar-refractivity contribution in [1.29, 1.82) is 5.26 Å². The van der Waals surface area contributed by atoms with E-state index in [2.05, 4.69) is 288 Å². The van der Waals surface area contributed by atoms with Gasteiger partial charge < -0.3 is 9.13 Å². The Morgan fingerprint density at radius 3 is 1.13 bits per heavy atom. The maximum Gasteiger partial charge on any atom is 0.220 e. The summed E-state index contributed by atoms with van der Waals surface area (Å²) in [6, 6.07) is 102. The van der Waals surface area contributed by atoms with E-state index in [1.807, 2.05) is 6.07 Å². The second-order valence-electron chi connectivity index (χ2n) is 21.9. The Bertz CT molecular complexity index is 5450. The monoisotopic (exact) mass is 1130 g/mol. The van der Waals surface area contributed by atoms with Crippen LogP contribution in [-0.2, 0) is 0 Å². The molecule has 4 aromatic heterocycles. The van der Waals surface area contributed by atoms with Crippen LogP contribution < -0.4 is 0 Å². The summed E-state index contributed by atoms with van der Waals surface area (Å²) in [5.74, 6) is 0. The number of hydrogen-bond acceptors (Lipinski definition) is 3. The number of thiophene rings is 2. The van der Waals surface area contributed by atoms with Gasteiger partial charge in [0.15, 0.2) is 0 Å². The van der Waals surface area contributed by atoms with Gasteiger partial charge in [0, 0.05) is 63.6 Å². The zero-order valence-corrected chi connectivity index (χ0v) is 47.8. The zero-order valence-electron chi connectivity index (χ0n) is 46.2. The summed E-state index contributed by atoms with van der Waals surface area (Å²) in [5, 5.41) is 21.8. The van der Waals surface area contributed by atoms with Crippen molar-refractivity contribution in [2.24, 2.45) is 0 Å². The molecule has 398 valence electrons. The molecule has 86 heavy (non-hydrogen) atoms. The van der Waals surface area contributed by atoms with Crippen LogP contribution in [0.1, 0.15) is 5.56 Å². The van der Waals surface area contributed by atoms with Gasteiger partial charge in [-0.15, -0.1) is 22.7 Å². The number of benzene rings is 13. The molecule has 0 saturated heterocycles. The molecule has 17 rings (SSSR count). The van der Waals surface area contributed by atoms with E-state index in [1.54, 1.807) is 22.7 Å². The van der Waals surface area contributed by atoms with Gasteiger partial charge in [0.2, 0.25) is 5.69 Å². The Balaban J connectivity index is 1.19. The molecule has 0 amide bonds. The van der Waals surface area contributed by atoms with Crippen molar-refractivity contribution < 1.29 is 0 Å². The third kappa shape index (κ3) is 7.32. The highest BCUT2D eigenvalue weighted by Crippen LogP contribution is 2.57. The molecule has 0 saturated carbocycles. The lowest BCUT2D eigenvalue weighted by atomic mass is 9.84. The highest BCUT2D eigenvalue weighted by molar-refractivity contribution is 7.27. The molecule has 17 aromatic rings. The molecule has 6 heteroatoms. The highest BCUT2D eigenvalue weighted by atomic mass is 32.1. The lowest BCUT2D eigenvalue weighted by molar-refractivity contribution is 1.14. The van der Waals surface area contributed by atoms with Gasteiger partial charge in [0.1, 0.15) is 6.07 Å². The summed E-state index contributed by atoms with van der Waals surface area (Å²) in [6.45, 7) is 10.0. The molecular weight excluding hydrogens is 1080 g/mol. The minimum atomic E-state index is 0.381. The molecule has 0 radical (unpaired) electrons. The fourth-order valence-electron chi connectivity index (χ4n) is 13.9. The van der Waals surface area contributed by atoms with Crippen LogP contribution in [0.4, 0.5) is 5.69 Å². The van der Waals surface area contributed by atoms with Gasteiger partial charge in [-0.3, -0.25) is 0 Å². The van der Waals surface area contributed by atoms with Gasteiger partial charge in [-0.1, -0.05) is 255 Å². The average molecular weight is 1130 g/mol. The fraction of sp³-hybridized carbons (Fsp3) is 0. The van der Waals surface area contributed by atoms with E-state index in [0.717, 1.165) is 125 Å². The third-order valence-corrected chi connectivity index (χ3v) is 19.8. The Morgan fingerprint density at radius 1 is 0.326 bits per heavy atom. The smallest absolute Gasteiger partial charge is 0.220 e. The number of fused-ring (bicyclic) bond motifs is 14. The number of rotatable bonds is 8. The molecule has 4 nitrogen and oxygen atoms in total. The van der Waals surface area contributed by atoms with Crippen molar-refractivity contribution in [2.45, 2.75) is 0 Å². The second kappa shape index (κ2) is 19.8. The molecular formula is C80H46N4S2. The quantitative estimate of drug-likeness (QED) is 0.140. The Morgan fingerprint density at radius 2 is 0.686 bits per heavy atom. The van der Waals surface area contributed by atoms with Crippen LogP contribution in [0.5, 0.6) is 0 Å². The highest BCUT2D eigenvalue weighted by Gasteiger charge is 2.35. The summed E-state index contributed by atoms with van der Waals surface area (Å²) in [7, 11) is 0. The lowest BCUT2D eigenvalue weighted by Crippen LogP contribution is -2.09. The van der Waals surface area contributed by atoms with Gasteiger partial charge in [-0.25, -0.2) is 4.85 Å². The minimum absolute atomic E-state index is 0.381. The van der Waals surface area contributed by atoms with Crippen LogP contribution in [0.15, 0.2) is 279 Å². The normalized spacial score (nSPS) is 11.7. The van der Waals surface area contributed by atoms with Crippen molar-refractivity contribution in [3.63, 3.8) is 0 Å². The molecule has 0 N–H and O–H groups in total. The van der Waals surface area contributed by atoms with Crippen LogP contribution in [0.3, 0.4) is 0 Å². The molecule has 0 fully saturated rings. The SMILES string of the molecule is [C-]#[N+]c1c(-c2ccccc2-c2ccccc2)c(C#N)c(-n2c3cccc(-c4ccccc4)c3c3ccc4c5ccccc5sc4c32)c(-c2ccccc2-c2ccccc2)c1-n1c2cccc(-c3ccccc3)c2c2ccc3c4ccccc4sc3c21. The van der Waals surface area contributed by atoms with Crippen LogP contribution in [-0.4, -0.2) is 9.13 Å². The van der Waals surface area contributed by atoms with E-state index in [-0.39, 0.29) is 0 Å². The number of aromatic nitrogens is 2. The molecule has 13 aromatic carbocycles. The Labute approximate surface area is 503 Å². The number of nitrogens with zero attached hydrogens (tertiary/aromatic N) is 4. The third-order valence-electron chi connectivity index (χ3n) is 17.4. The second-order valence-corrected chi connectivity index (χ2v) is 24.0. The molecule has 0 spiro atoms. The lowest BCUT2D eigenvalue weighted by Gasteiger charge is -2.27. The van der Waals surface area contributed by atoms with Crippen molar-refractivity contribution in [3.8, 4) is 84.2 Å².